The van der Waals surface area contributed by atoms with Crippen LogP contribution in [0.4, 0.5) is 0 Å². The highest BCUT2D eigenvalue weighted by Gasteiger charge is 2.24. The highest BCUT2D eigenvalue weighted by atomic mass is 16.3. The smallest absolute Gasteiger partial charge is 0.255 e. The third kappa shape index (κ3) is 4.30. The predicted octanol–water partition coefficient (Wildman–Crippen LogP) is 3.65. The fourth-order valence-electron chi connectivity index (χ4n) is 3.45. The molecule has 2 aromatic rings. The minimum absolute atomic E-state index is 0.00611. The average Bonchev–Trinajstić information content (AvgIpc) is 2.68. The minimum atomic E-state index is -0.321. The van der Waals surface area contributed by atoms with Gasteiger partial charge in [0.2, 0.25) is 0 Å². The number of para-hydroxylation sites is 1. The van der Waals surface area contributed by atoms with Gasteiger partial charge in [0.05, 0.1) is 5.56 Å². The number of aromatic hydroxyl groups is 1. The van der Waals surface area contributed by atoms with E-state index < -0.39 is 0 Å². The molecular formula is C22H26N2O3. The van der Waals surface area contributed by atoms with Crippen molar-refractivity contribution in [3.63, 3.8) is 0 Å². The third-order valence-corrected chi connectivity index (χ3v) is 5.20. The van der Waals surface area contributed by atoms with Gasteiger partial charge in [-0.3, -0.25) is 9.59 Å². The minimum Gasteiger partial charge on any atom is -0.507 e. The van der Waals surface area contributed by atoms with E-state index >= 15 is 0 Å². The standard InChI is InChI=1S/C22H26N2O3/c1-15-6-5-8-19(20(15)25)21(26)23-14-17-9-11-18(12-10-17)22(27)24-13-4-3-7-16(24)2/h5-6,8-12,16,25H,3-4,7,13-14H2,1-2H3,(H,23,26). The largest absolute Gasteiger partial charge is 0.507 e. The Balaban J connectivity index is 1.61. The molecular weight excluding hydrogens is 340 g/mol. The predicted molar refractivity (Wildman–Crippen MR) is 105 cm³/mol. The van der Waals surface area contributed by atoms with Crippen molar-refractivity contribution in [2.75, 3.05) is 6.54 Å². The molecule has 1 aliphatic heterocycles. The Morgan fingerprint density at radius 3 is 2.59 bits per heavy atom. The maximum Gasteiger partial charge on any atom is 0.255 e. The topological polar surface area (TPSA) is 69.6 Å². The van der Waals surface area contributed by atoms with E-state index in [1.54, 1.807) is 25.1 Å². The zero-order chi connectivity index (χ0) is 19.4. The maximum atomic E-state index is 12.7. The zero-order valence-electron chi connectivity index (χ0n) is 15.9. The van der Waals surface area contributed by atoms with Crippen LogP contribution in [0.5, 0.6) is 5.75 Å². The van der Waals surface area contributed by atoms with Gasteiger partial charge in [0, 0.05) is 24.7 Å². The fourth-order valence-corrected chi connectivity index (χ4v) is 3.45. The first kappa shape index (κ1) is 19.0. The number of piperidine rings is 1. The molecule has 1 saturated heterocycles. The van der Waals surface area contributed by atoms with Gasteiger partial charge in [-0.25, -0.2) is 0 Å². The monoisotopic (exact) mass is 366 g/mol. The van der Waals surface area contributed by atoms with Crippen LogP contribution >= 0.6 is 0 Å². The molecule has 27 heavy (non-hydrogen) atoms. The number of carbonyl (C=O) groups excluding carboxylic acids is 2. The highest BCUT2D eigenvalue weighted by molar-refractivity contribution is 5.97. The number of phenolic OH excluding ortho intramolecular Hbond substituents is 1. The van der Waals surface area contributed by atoms with Gasteiger partial charge >= 0.3 is 0 Å². The molecule has 2 aromatic carbocycles. The summed E-state index contributed by atoms with van der Waals surface area (Å²) in [5.41, 5.74) is 2.51. The van der Waals surface area contributed by atoms with Crippen LogP contribution in [0.25, 0.3) is 0 Å². The van der Waals surface area contributed by atoms with E-state index in [9.17, 15) is 14.7 Å². The summed E-state index contributed by atoms with van der Waals surface area (Å²) in [5.74, 6) is -0.243. The molecule has 1 atom stereocenters. The van der Waals surface area contributed by atoms with E-state index in [0.29, 0.717) is 17.7 Å². The molecule has 1 aliphatic rings. The van der Waals surface area contributed by atoms with Crippen molar-refractivity contribution in [3.8, 4) is 5.75 Å². The Kier molecular flexibility index (Phi) is 5.79. The summed E-state index contributed by atoms with van der Waals surface area (Å²) in [6.07, 6.45) is 3.30. The molecule has 5 heteroatoms. The first-order valence-corrected chi connectivity index (χ1v) is 9.44. The number of nitrogens with one attached hydrogen (secondary N) is 1. The lowest BCUT2D eigenvalue weighted by Crippen LogP contribution is -2.42. The Bertz CT molecular complexity index is 830. The SMILES string of the molecule is Cc1cccc(C(=O)NCc2ccc(C(=O)N3CCCCC3C)cc2)c1O. The fraction of sp³-hybridized carbons (Fsp3) is 0.364. The molecule has 0 aliphatic carbocycles. The number of rotatable bonds is 4. The van der Waals surface area contributed by atoms with Gasteiger partial charge in [0.15, 0.2) is 0 Å². The number of nitrogens with zero attached hydrogens (tertiary/aromatic N) is 1. The van der Waals surface area contributed by atoms with Crippen molar-refractivity contribution in [3.05, 3.63) is 64.7 Å². The summed E-state index contributed by atoms with van der Waals surface area (Å²) in [4.78, 5) is 26.9. The summed E-state index contributed by atoms with van der Waals surface area (Å²) >= 11 is 0. The van der Waals surface area contributed by atoms with Crippen LogP contribution in [-0.2, 0) is 6.54 Å². The van der Waals surface area contributed by atoms with E-state index in [1.165, 1.54) is 6.42 Å². The molecule has 2 N–H and O–H groups in total. The molecule has 3 rings (SSSR count). The number of phenols is 1. The molecule has 142 valence electrons. The molecule has 0 spiro atoms. The van der Waals surface area contributed by atoms with E-state index in [4.69, 9.17) is 0 Å². The van der Waals surface area contributed by atoms with Gasteiger partial charge in [0.25, 0.3) is 11.8 Å². The molecule has 5 nitrogen and oxygen atoms in total. The molecule has 0 bridgehead atoms. The lowest BCUT2D eigenvalue weighted by Gasteiger charge is -2.33. The van der Waals surface area contributed by atoms with Gasteiger partial charge in [-0.05, 0) is 62.4 Å². The van der Waals surface area contributed by atoms with E-state index in [-0.39, 0.29) is 29.2 Å². The molecule has 0 aromatic heterocycles. The van der Waals surface area contributed by atoms with E-state index in [2.05, 4.69) is 12.2 Å². The second kappa shape index (κ2) is 8.25. The number of carbonyl (C=O) groups is 2. The Labute approximate surface area is 160 Å². The molecule has 1 fully saturated rings. The summed E-state index contributed by atoms with van der Waals surface area (Å²) in [6, 6.07) is 12.7. The third-order valence-electron chi connectivity index (χ3n) is 5.20. The molecule has 0 radical (unpaired) electrons. The summed E-state index contributed by atoms with van der Waals surface area (Å²) < 4.78 is 0. The van der Waals surface area contributed by atoms with Crippen LogP contribution in [0.3, 0.4) is 0 Å². The lowest BCUT2D eigenvalue weighted by molar-refractivity contribution is 0.0635. The number of amides is 2. The van der Waals surface area contributed by atoms with Crippen molar-refractivity contribution < 1.29 is 14.7 Å². The lowest BCUT2D eigenvalue weighted by atomic mass is 10.0. The molecule has 1 heterocycles. The highest BCUT2D eigenvalue weighted by Crippen LogP contribution is 2.22. The first-order valence-electron chi connectivity index (χ1n) is 9.44. The van der Waals surface area contributed by atoms with Crippen molar-refractivity contribution in [1.29, 1.82) is 0 Å². The molecule has 0 saturated carbocycles. The number of likely N-dealkylation sites (tertiary alicyclic amines) is 1. The second-order valence-electron chi connectivity index (χ2n) is 7.19. The number of aryl methyl sites for hydroxylation is 1. The van der Waals surface area contributed by atoms with Crippen molar-refractivity contribution in [2.45, 2.75) is 45.7 Å². The summed E-state index contributed by atoms with van der Waals surface area (Å²) in [6.45, 7) is 5.01. The van der Waals surface area contributed by atoms with Crippen LogP contribution in [0.1, 0.15) is 58.0 Å². The van der Waals surface area contributed by atoms with Crippen molar-refractivity contribution in [2.24, 2.45) is 0 Å². The Morgan fingerprint density at radius 2 is 1.89 bits per heavy atom. The summed E-state index contributed by atoms with van der Waals surface area (Å²) in [5, 5.41) is 12.8. The van der Waals surface area contributed by atoms with Crippen LogP contribution < -0.4 is 5.32 Å². The normalized spacial score (nSPS) is 16.8. The number of hydrogen-bond donors (Lipinski definition) is 2. The van der Waals surface area contributed by atoms with Crippen LogP contribution in [0.15, 0.2) is 42.5 Å². The quantitative estimate of drug-likeness (QED) is 0.868. The summed E-state index contributed by atoms with van der Waals surface area (Å²) in [7, 11) is 0. The van der Waals surface area contributed by atoms with Crippen LogP contribution in [-0.4, -0.2) is 34.4 Å². The second-order valence-corrected chi connectivity index (χ2v) is 7.19. The van der Waals surface area contributed by atoms with E-state index in [0.717, 1.165) is 24.9 Å². The van der Waals surface area contributed by atoms with Crippen LogP contribution in [0, 0.1) is 6.92 Å². The van der Waals surface area contributed by atoms with Crippen molar-refractivity contribution in [1.82, 2.24) is 10.2 Å². The zero-order valence-corrected chi connectivity index (χ0v) is 15.9. The average molecular weight is 366 g/mol. The van der Waals surface area contributed by atoms with Crippen LogP contribution in [0.2, 0.25) is 0 Å². The van der Waals surface area contributed by atoms with Gasteiger partial charge in [-0.2, -0.15) is 0 Å². The first-order chi connectivity index (χ1) is 13.0. The van der Waals surface area contributed by atoms with Crippen molar-refractivity contribution >= 4 is 11.8 Å². The van der Waals surface area contributed by atoms with E-state index in [1.807, 2.05) is 29.2 Å². The molecule has 2 amide bonds. The van der Waals surface area contributed by atoms with Gasteiger partial charge in [-0.15, -0.1) is 0 Å². The number of benzene rings is 2. The van der Waals surface area contributed by atoms with Gasteiger partial charge < -0.3 is 15.3 Å². The Hall–Kier alpha value is -2.82. The van der Waals surface area contributed by atoms with Gasteiger partial charge in [0.1, 0.15) is 5.75 Å². The Morgan fingerprint density at radius 1 is 1.15 bits per heavy atom. The molecule has 1 unspecified atom stereocenters. The number of hydrogen-bond acceptors (Lipinski definition) is 3. The maximum absolute atomic E-state index is 12.7. The van der Waals surface area contributed by atoms with Gasteiger partial charge in [-0.1, -0.05) is 24.3 Å².